The second-order valence-corrected chi connectivity index (χ2v) is 8.01. The van der Waals surface area contributed by atoms with Crippen LogP contribution in [0.3, 0.4) is 0 Å². The second kappa shape index (κ2) is 7.82. The number of piperidine rings is 3. The SMILES string of the molecule is CN(C)Cc1cn(C[C@H]2C[C@H]3CCN2C[C@@H]3C(=O)NCc2ccco2)nn1. The van der Waals surface area contributed by atoms with E-state index in [1.807, 2.05) is 37.1 Å². The van der Waals surface area contributed by atoms with Crippen molar-refractivity contribution in [1.29, 1.82) is 0 Å². The number of rotatable bonds is 7. The molecule has 27 heavy (non-hydrogen) atoms. The van der Waals surface area contributed by atoms with Crippen LogP contribution in [0.25, 0.3) is 0 Å². The number of furan rings is 1. The van der Waals surface area contributed by atoms with E-state index in [0.29, 0.717) is 18.5 Å². The Kier molecular flexibility index (Phi) is 5.27. The van der Waals surface area contributed by atoms with Crippen LogP contribution in [0.1, 0.15) is 24.3 Å². The molecule has 3 fully saturated rings. The van der Waals surface area contributed by atoms with Gasteiger partial charge in [0.15, 0.2) is 0 Å². The van der Waals surface area contributed by atoms with Gasteiger partial charge < -0.3 is 14.6 Å². The van der Waals surface area contributed by atoms with Gasteiger partial charge in [0, 0.05) is 25.3 Å². The molecular weight excluding hydrogens is 344 g/mol. The maximum Gasteiger partial charge on any atom is 0.225 e. The van der Waals surface area contributed by atoms with E-state index in [4.69, 9.17) is 4.42 Å². The fourth-order valence-corrected chi connectivity index (χ4v) is 4.38. The lowest BCUT2D eigenvalue weighted by atomic mass is 9.75. The summed E-state index contributed by atoms with van der Waals surface area (Å²) < 4.78 is 7.25. The number of fused-ring (bicyclic) bond motifs is 3. The van der Waals surface area contributed by atoms with Gasteiger partial charge >= 0.3 is 0 Å². The molecule has 3 aliphatic rings. The van der Waals surface area contributed by atoms with Gasteiger partial charge in [-0.2, -0.15) is 0 Å². The van der Waals surface area contributed by atoms with E-state index < -0.39 is 0 Å². The van der Waals surface area contributed by atoms with Crippen molar-refractivity contribution in [3.05, 3.63) is 36.0 Å². The maximum atomic E-state index is 12.6. The monoisotopic (exact) mass is 372 g/mol. The van der Waals surface area contributed by atoms with Crippen molar-refractivity contribution in [2.24, 2.45) is 11.8 Å². The quantitative estimate of drug-likeness (QED) is 0.780. The Hall–Kier alpha value is -2.19. The highest BCUT2D eigenvalue weighted by Gasteiger charge is 2.43. The van der Waals surface area contributed by atoms with Crippen LogP contribution in [0.2, 0.25) is 0 Å². The Morgan fingerprint density at radius 1 is 1.44 bits per heavy atom. The van der Waals surface area contributed by atoms with Gasteiger partial charge in [-0.1, -0.05) is 5.21 Å². The van der Waals surface area contributed by atoms with Crippen LogP contribution in [0.15, 0.2) is 29.0 Å². The van der Waals surface area contributed by atoms with E-state index in [9.17, 15) is 4.79 Å². The molecule has 0 aromatic carbocycles. The molecule has 2 aromatic rings. The standard InChI is InChI=1S/C19H28N6O2/c1-23(2)10-15-11-25(22-21-15)12-16-8-14-5-6-24(16)13-18(14)19(26)20-9-17-4-3-7-27-17/h3-4,7,11,14,16,18H,5-6,8-10,12-13H2,1-2H3,(H,20,26)/t14-,16-,18+/m1/s1. The summed E-state index contributed by atoms with van der Waals surface area (Å²) in [6.45, 7) is 4.01. The van der Waals surface area contributed by atoms with Gasteiger partial charge in [0.05, 0.1) is 31.0 Å². The van der Waals surface area contributed by atoms with Crippen LogP contribution >= 0.6 is 0 Å². The third-order valence-corrected chi connectivity index (χ3v) is 5.69. The molecule has 8 nitrogen and oxygen atoms in total. The van der Waals surface area contributed by atoms with Crippen molar-refractivity contribution in [3.63, 3.8) is 0 Å². The van der Waals surface area contributed by atoms with Gasteiger partial charge in [-0.15, -0.1) is 5.10 Å². The Bertz CT molecular complexity index is 756. The highest BCUT2D eigenvalue weighted by Crippen LogP contribution is 2.37. The van der Waals surface area contributed by atoms with Crippen LogP contribution in [0.4, 0.5) is 0 Å². The molecule has 1 unspecified atom stereocenters. The highest BCUT2D eigenvalue weighted by atomic mass is 16.3. The molecule has 2 aromatic heterocycles. The van der Waals surface area contributed by atoms with Crippen LogP contribution in [-0.2, 0) is 24.4 Å². The summed E-state index contributed by atoms with van der Waals surface area (Å²) in [5, 5.41) is 11.6. The average Bonchev–Trinajstić information content (AvgIpc) is 3.32. The molecule has 0 saturated carbocycles. The van der Waals surface area contributed by atoms with Crippen LogP contribution < -0.4 is 5.32 Å². The lowest BCUT2D eigenvalue weighted by Gasteiger charge is -2.49. The Balaban J connectivity index is 1.31. The largest absolute Gasteiger partial charge is 0.467 e. The van der Waals surface area contributed by atoms with Gasteiger partial charge in [-0.25, -0.2) is 0 Å². The van der Waals surface area contributed by atoms with Crippen molar-refractivity contribution in [3.8, 4) is 0 Å². The Labute approximate surface area is 159 Å². The zero-order chi connectivity index (χ0) is 18.8. The lowest BCUT2D eigenvalue weighted by molar-refractivity contribution is -0.133. The first kappa shape index (κ1) is 18.2. The number of nitrogens with zero attached hydrogens (tertiary/aromatic N) is 5. The van der Waals surface area contributed by atoms with Gasteiger partial charge in [0.25, 0.3) is 0 Å². The molecule has 0 aliphatic carbocycles. The number of amides is 1. The van der Waals surface area contributed by atoms with Crippen molar-refractivity contribution < 1.29 is 9.21 Å². The van der Waals surface area contributed by atoms with Crippen LogP contribution in [0, 0.1) is 11.8 Å². The van der Waals surface area contributed by atoms with Crippen LogP contribution in [0.5, 0.6) is 0 Å². The molecule has 1 N–H and O–H groups in total. The van der Waals surface area contributed by atoms with E-state index in [1.54, 1.807) is 6.26 Å². The van der Waals surface area contributed by atoms with E-state index >= 15 is 0 Å². The summed E-state index contributed by atoms with van der Waals surface area (Å²) in [6.07, 6.45) is 5.81. The van der Waals surface area contributed by atoms with Crippen molar-refractivity contribution in [1.82, 2.24) is 30.1 Å². The molecule has 146 valence electrons. The predicted molar refractivity (Wildman–Crippen MR) is 99.5 cm³/mol. The molecule has 4 atom stereocenters. The minimum atomic E-state index is 0.0741. The molecule has 5 heterocycles. The zero-order valence-corrected chi connectivity index (χ0v) is 16.0. The normalized spacial score (nSPS) is 27.2. The van der Waals surface area contributed by atoms with Gasteiger partial charge in [0.2, 0.25) is 5.91 Å². The number of hydrogen-bond donors (Lipinski definition) is 1. The summed E-state index contributed by atoms with van der Waals surface area (Å²) in [7, 11) is 4.06. The summed E-state index contributed by atoms with van der Waals surface area (Å²) in [5.41, 5.74) is 0.992. The van der Waals surface area contributed by atoms with E-state index in [0.717, 1.165) is 50.5 Å². The number of nitrogens with one attached hydrogen (secondary N) is 1. The van der Waals surface area contributed by atoms with Crippen molar-refractivity contribution in [2.45, 2.75) is 38.5 Å². The zero-order valence-electron chi connectivity index (χ0n) is 16.0. The number of carbonyl (C=O) groups is 1. The van der Waals surface area contributed by atoms with E-state index in [-0.39, 0.29) is 11.8 Å². The molecule has 1 amide bonds. The van der Waals surface area contributed by atoms with E-state index in [2.05, 4.69) is 25.4 Å². The summed E-state index contributed by atoms with van der Waals surface area (Å²) in [6, 6.07) is 4.16. The first-order chi connectivity index (χ1) is 13.1. The van der Waals surface area contributed by atoms with Gasteiger partial charge in [0.1, 0.15) is 5.76 Å². The second-order valence-electron chi connectivity index (χ2n) is 8.01. The third-order valence-electron chi connectivity index (χ3n) is 5.69. The van der Waals surface area contributed by atoms with Gasteiger partial charge in [-0.05, 0) is 51.5 Å². The summed E-state index contributed by atoms with van der Waals surface area (Å²) >= 11 is 0. The Morgan fingerprint density at radius 3 is 3.04 bits per heavy atom. The average molecular weight is 372 g/mol. The van der Waals surface area contributed by atoms with Crippen molar-refractivity contribution in [2.75, 3.05) is 27.2 Å². The highest BCUT2D eigenvalue weighted by molar-refractivity contribution is 5.79. The summed E-state index contributed by atoms with van der Waals surface area (Å²) in [5.74, 6) is 1.46. The summed E-state index contributed by atoms with van der Waals surface area (Å²) in [4.78, 5) is 17.2. The van der Waals surface area contributed by atoms with Crippen LogP contribution in [-0.4, -0.2) is 63.9 Å². The first-order valence-corrected chi connectivity index (χ1v) is 9.66. The molecule has 5 rings (SSSR count). The molecule has 3 saturated heterocycles. The smallest absolute Gasteiger partial charge is 0.225 e. The molecule has 0 radical (unpaired) electrons. The lowest BCUT2D eigenvalue weighted by Crippen LogP contribution is -2.57. The molecule has 3 aliphatic heterocycles. The number of aromatic nitrogens is 3. The minimum absolute atomic E-state index is 0.0741. The molecule has 8 heteroatoms. The third kappa shape index (κ3) is 4.22. The van der Waals surface area contributed by atoms with Gasteiger partial charge in [-0.3, -0.25) is 14.4 Å². The molecule has 0 spiro atoms. The molecular formula is C19H28N6O2. The fraction of sp³-hybridized carbons (Fsp3) is 0.632. The van der Waals surface area contributed by atoms with Crippen molar-refractivity contribution >= 4 is 5.91 Å². The molecule has 2 bridgehead atoms. The Morgan fingerprint density at radius 2 is 2.33 bits per heavy atom. The predicted octanol–water partition coefficient (Wildman–Crippen LogP) is 0.960. The minimum Gasteiger partial charge on any atom is -0.467 e. The number of carbonyl (C=O) groups excluding carboxylic acids is 1. The maximum absolute atomic E-state index is 12.6. The topological polar surface area (TPSA) is 79.4 Å². The number of hydrogen-bond acceptors (Lipinski definition) is 6. The first-order valence-electron chi connectivity index (χ1n) is 9.66. The fourth-order valence-electron chi connectivity index (χ4n) is 4.38. The van der Waals surface area contributed by atoms with E-state index in [1.165, 1.54) is 0 Å².